The van der Waals surface area contributed by atoms with Crippen LogP contribution in [0.15, 0.2) is 12.4 Å². The third kappa shape index (κ3) is 5.21. The minimum atomic E-state index is 0.184. The zero-order valence-corrected chi connectivity index (χ0v) is 12.9. The molecule has 0 spiro atoms. The van der Waals surface area contributed by atoms with E-state index in [1.54, 1.807) is 0 Å². The lowest BCUT2D eigenvalue weighted by molar-refractivity contribution is 0.243. The maximum absolute atomic E-state index is 4.27. The normalized spacial score (nSPS) is 15.7. The Bertz CT molecular complexity index is 362. The van der Waals surface area contributed by atoms with Gasteiger partial charge in [0.15, 0.2) is 0 Å². The van der Waals surface area contributed by atoms with Gasteiger partial charge in [-0.2, -0.15) is 5.10 Å². The van der Waals surface area contributed by atoms with E-state index >= 15 is 0 Å². The molecule has 0 bridgehead atoms. The summed E-state index contributed by atoms with van der Waals surface area (Å²) < 4.78 is 1.89. The molecule has 0 saturated carbocycles. The molecule has 0 aromatic carbocycles. The molecule has 1 unspecified atom stereocenters. The van der Waals surface area contributed by atoms with Crippen molar-refractivity contribution in [2.24, 2.45) is 12.5 Å². The van der Waals surface area contributed by atoms with Gasteiger partial charge >= 0.3 is 0 Å². The van der Waals surface area contributed by atoms with Crippen LogP contribution in [0.25, 0.3) is 0 Å². The maximum atomic E-state index is 4.27. The molecule has 1 N–H and O–H groups in total. The van der Waals surface area contributed by atoms with Gasteiger partial charge in [-0.25, -0.2) is 0 Å². The van der Waals surface area contributed by atoms with Crippen LogP contribution in [0.5, 0.6) is 0 Å². The second-order valence-electron chi connectivity index (χ2n) is 6.86. The second kappa shape index (κ2) is 5.87. The molecule has 1 atom stereocenters. The Kier molecular flexibility index (Phi) is 4.97. The van der Waals surface area contributed by atoms with E-state index in [4.69, 9.17) is 0 Å². The molecule has 1 heterocycles. The summed E-state index contributed by atoms with van der Waals surface area (Å²) in [7, 11) is 1.98. The molecule has 0 saturated heterocycles. The van der Waals surface area contributed by atoms with Gasteiger partial charge in [0.25, 0.3) is 0 Å². The van der Waals surface area contributed by atoms with Crippen molar-refractivity contribution < 1.29 is 0 Å². The fraction of sp³-hybridized carbons (Fsp3) is 0.800. The minimum Gasteiger partial charge on any atom is -0.312 e. The number of nitrogens with zero attached hydrogens (tertiary/aromatic N) is 2. The predicted octanol–water partition coefficient (Wildman–Crippen LogP) is 3.16. The van der Waals surface area contributed by atoms with Crippen LogP contribution in [0.4, 0.5) is 0 Å². The van der Waals surface area contributed by atoms with Gasteiger partial charge in [-0.1, -0.05) is 20.3 Å². The maximum Gasteiger partial charge on any atom is 0.0521 e. The van der Waals surface area contributed by atoms with Crippen molar-refractivity contribution in [2.75, 3.05) is 6.54 Å². The van der Waals surface area contributed by atoms with Crippen molar-refractivity contribution in [3.8, 4) is 0 Å². The van der Waals surface area contributed by atoms with Crippen LogP contribution in [0.3, 0.4) is 0 Å². The average Bonchev–Trinajstić information content (AvgIpc) is 2.60. The van der Waals surface area contributed by atoms with Gasteiger partial charge in [0, 0.05) is 25.3 Å². The van der Waals surface area contributed by atoms with Crippen LogP contribution >= 0.6 is 0 Å². The molecule has 1 aromatic rings. The van der Waals surface area contributed by atoms with Crippen LogP contribution in [-0.4, -0.2) is 21.9 Å². The highest BCUT2D eigenvalue weighted by Gasteiger charge is 2.26. The summed E-state index contributed by atoms with van der Waals surface area (Å²) >= 11 is 0. The Labute approximate surface area is 112 Å². The molecule has 0 aliphatic carbocycles. The Morgan fingerprint density at radius 2 is 1.94 bits per heavy atom. The van der Waals surface area contributed by atoms with Crippen molar-refractivity contribution >= 4 is 0 Å². The van der Waals surface area contributed by atoms with Crippen molar-refractivity contribution in [3.05, 3.63) is 18.0 Å². The lowest BCUT2D eigenvalue weighted by Crippen LogP contribution is -2.43. The SMILES string of the molecule is CCCC(C)(CNC(C)(C)C)Cc1cnn(C)c1. The Hall–Kier alpha value is -0.830. The fourth-order valence-corrected chi connectivity index (χ4v) is 2.38. The van der Waals surface area contributed by atoms with E-state index in [2.05, 4.69) is 51.2 Å². The van der Waals surface area contributed by atoms with E-state index in [1.807, 2.05) is 17.9 Å². The van der Waals surface area contributed by atoms with Gasteiger partial charge in [0.05, 0.1) is 6.20 Å². The zero-order valence-electron chi connectivity index (χ0n) is 12.9. The first-order chi connectivity index (χ1) is 8.24. The third-order valence-electron chi connectivity index (χ3n) is 3.29. The number of nitrogens with one attached hydrogen (secondary N) is 1. The first-order valence-electron chi connectivity index (χ1n) is 6.97. The summed E-state index contributed by atoms with van der Waals surface area (Å²) in [6.07, 6.45) is 7.68. The van der Waals surface area contributed by atoms with Crippen molar-refractivity contribution in [2.45, 2.75) is 59.4 Å². The fourth-order valence-electron chi connectivity index (χ4n) is 2.38. The van der Waals surface area contributed by atoms with Crippen LogP contribution in [0, 0.1) is 5.41 Å². The van der Waals surface area contributed by atoms with Gasteiger partial charge in [-0.3, -0.25) is 4.68 Å². The molecular weight excluding hydrogens is 222 g/mol. The molecular formula is C15H29N3. The molecule has 3 heteroatoms. The number of hydrogen-bond acceptors (Lipinski definition) is 2. The second-order valence-corrected chi connectivity index (χ2v) is 6.86. The van der Waals surface area contributed by atoms with Crippen LogP contribution < -0.4 is 5.32 Å². The van der Waals surface area contributed by atoms with Gasteiger partial charge in [-0.15, -0.1) is 0 Å². The minimum absolute atomic E-state index is 0.184. The monoisotopic (exact) mass is 251 g/mol. The highest BCUT2D eigenvalue weighted by Crippen LogP contribution is 2.28. The summed E-state index contributed by atoms with van der Waals surface area (Å²) in [6.45, 7) is 12.4. The number of aryl methyl sites for hydroxylation is 1. The van der Waals surface area contributed by atoms with E-state index in [0.29, 0.717) is 5.41 Å². The highest BCUT2D eigenvalue weighted by atomic mass is 15.2. The Morgan fingerprint density at radius 3 is 2.39 bits per heavy atom. The van der Waals surface area contributed by atoms with Gasteiger partial charge < -0.3 is 5.32 Å². The first kappa shape index (κ1) is 15.2. The lowest BCUT2D eigenvalue weighted by atomic mass is 9.80. The zero-order chi connectivity index (χ0) is 13.8. The van der Waals surface area contributed by atoms with E-state index in [1.165, 1.54) is 18.4 Å². The topological polar surface area (TPSA) is 29.9 Å². The highest BCUT2D eigenvalue weighted by molar-refractivity contribution is 5.07. The molecule has 104 valence electrons. The first-order valence-corrected chi connectivity index (χ1v) is 6.97. The van der Waals surface area contributed by atoms with E-state index < -0.39 is 0 Å². The van der Waals surface area contributed by atoms with Gasteiger partial charge in [0.1, 0.15) is 0 Å². The third-order valence-corrected chi connectivity index (χ3v) is 3.29. The smallest absolute Gasteiger partial charge is 0.0521 e. The number of rotatable bonds is 6. The van der Waals surface area contributed by atoms with Crippen LogP contribution in [0.2, 0.25) is 0 Å². The molecule has 1 rings (SSSR count). The standard InChI is InChI=1S/C15H29N3/c1-7-8-15(5,12-16-14(2,3)4)9-13-10-17-18(6)11-13/h10-11,16H,7-9,12H2,1-6H3. The summed E-state index contributed by atoms with van der Waals surface area (Å²) in [5, 5.41) is 7.91. The quantitative estimate of drug-likeness (QED) is 0.841. The number of aromatic nitrogens is 2. The van der Waals surface area contributed by atoms with E-state index in [9.17, 15) is 0 Å². The number of hydrogen-bond donors (Lipinski definition) is 1. The van der Waals surface area contributed by atoms with E-state index in [0.717, 1.165) is 13.0 Å². The predicted molar refractivity (Wildman–Crippen MR) is 77.7 cm³/mol. The summed E-state index contributed by atoms with van der Waals surface area (Å²) in [4.78, 5) is 0. The van der Waals surface area contributed by atoms with Crippen molar-refractivity contribution in [3.63, 3.8) is 0 Å². The van der Waals surface area contributed by atoms with Crippen molar-refractivity contribution in [1.29, 1.82) is 0 Å². The lowest BCUT2D eigenvalue weighted by Gasteiger charge is -2.33. The van der Waals surface area contributed by atoms with Crippen molar-refractivity contribution in [1.82, 2.24) is 15.1 Å². The molecule has 0 aliphatic heterocycles. The summed E-state index contributed by atoms with van der Waals surface area (Å²) in [5.41, 5.74) is 1.83. The van der Waals surface area contributed by atoms with Gasteiger partial charge in [-0.05, 0) is 44.6 Å². The van der Waals surface area contributed by atoms with Crippen LogP contribution in [-0.2, 0) is 13.5 Å². The Morgan fingerprint density at radius 1 is 1.28 bits per heavy atom. The average molecular weight is 251 g/mol. The summed E-state index contributed by atoms with van der Waals surface area (Å²) in [6, 6.07) is 0. The molecule has 0 radical (unpaired) electrons. The van der Waals surface area contributed by atoms with Gasteiger partial charge in [0.2, 0.25) is 0 Å². The largest absolute Gasteiger partial charge is 0.312 e. The Balaban J connectivity index is 2.67. The summed E-state index contributed by atoms with van der Waals surface area (Å²) in [5.74, 6) is 0. The molecule has 0 aliphatic rings. The molecule has 1 aromatic heterocycles. The molecule has 3 nitrogen and oxygen atoms in total. The van der Waals surface area contributed by atoms with E-state index in [-0.39, 0.29) is 5.54 Å². The molecule has 18 heavy (non-hydrogen) atoms. The van der Waals surface area contributed by atoms with Crippen LogP contribution in [0.1, 0.15) is 53.0 Å². The molecule has 0 fully saturated rings. The molecule has 0 amide bonds.